The van der Waals surface area contributed by atoms with Crippen LogP contribution in [0.4, 0.5) is 0 Å². The van der Waals surface area contributed by atoms with Gasteiger partial charge in [-0.05, 0) is 24.6 Å². The Labute approximate surface area is 177 Å². The second kappa shape index (κ2) is 10.9. The highest BCUT2D eigenvalue weighted by molar-refractivity contribution is 5.85. The lowest BCUT2D eigenvalue weighted by Crippen LogP contribution is -2.42. The van der Waals surface area contributed by atoms with Crippen molar-refractivity contribution < 1.29 is 9.21 Å². The number of rotatable bonds is 7. The fourth-order valence-corrected chi connectivity index (χ4v) is 2.87. The SMILES string of the molecule is Cc1ccc(CN(C)C(=O)[C@@H](N)Cc2cn(Cc3ccccc3)cn2)o1.Cl.Cl. The van der Waals surface area contributed by atoms with Crippen LogP contribution in [0, 0.1) is 6.92 Å². The van der Waals surface area contributed by atoms with E-state index in [1.807, 2.05) is 48.0 Å². The summed E-state index contributed by atoms with van der Waals surface area (Å²) in [6.07, 6.45) is 4.12. The molecule has 28 heavy (non-hydrogen) atoms. The van der Waals surface area contributed by atoms with Crippen molar-refractivity contribution in [3.05, 3.63) is 77.8 Å². The molecular formula is C20H26Cl2N4O2. The average molecular weight is 425 g/mol. The number of likely N-dealkylation sites (N-methyl/N-ethyl adjacent to an activating group) is 1. The number of carbonyl (C=O) groups is 1. The molecule has 0 saturated carbocycles. The summed E-state index contributed by atoms with van der Waals surface area (Å²) in [5.41, 5.74) is 8.11. The van der Waals surface area contributed by atoms with Crippen LogP contribution in [0.5, 0.6) is 0 Å². The van der Waals surface area contributed by atoms with Crippen LogP contribution >= 0.6 is 24.8 Å². The van der Waals surface area contributed by atoms with Crippen molar-refractivity contribution in [3.8, 4) is 0 Å². The van der Waals surface area contributed by atoms with Crippen LogP contribution in [0.2, 0.25) is 0 Å². The Morgan fingerprint density at radius 1 is 1.21 bits per heavy atom. The van der Waals surface area contributed by atoms with Crippen molar-refractivity contribution in [1.29, 1.82) is 0 Å². The van der Waals surface area contributed by atoms with Gasteiger partial charge in [0.05, 0.1) is 24.6 Å². The number of hydrogen-bond donors (Lipinski definition) is 1. The van der Waals surface area contributed by atoms with Crippen LogP contribution < -0.4 is 5.73 Å². The van der Waals surface area contributed by atoms with E-state index in [1.165, 1.54) is 5.56 Å². The maximum absolute atomic E-state index is 12.5. The van der Waals surface area contributed by atoms with Gasteiger partial charge >= 0.3 is 0 Å². The lowest BCUT2D eigenvalue weighted by molar-refractivity contribution is -0.132. The number of nitrogens with zero attached hydrogens (tertiary/aromatic N) is 3. The highest BCUT2D eigenvalue weighted by atomic mass is 35.5. The molecule has 0 aliphatic carbocycles. The van der Waals surface area contributed by atoms with Crippen LogP contribution in [0.1, 0.15) is 22.8 Å². The first-order valence-corrected chi connectivity index (χ1v) is 8.61. The van der Waals surface area contributed by atoms with E-state index < -0.39 is 6.04 Å². The van der Waals surface area contributed by atoms with E-state index in [2.05, 4.69) is 17.1 Å². The number of aryl methyl sites for hydroxylation is 1. The molecule has 0 aliphatic rings. The molecule has 0 fully saturated rings. The average Bonchev–Trinajstić information content (AvgIpc) is 3.23. The summed E-state index contributed by atoms with van der Waals surface area (Å²) in [5.74, 6) is 1.45. The second-order valence-electron chi connectivity index (χ2n) is 6.54. The zero-order chi connectivity index (χ0) is 18.5. The zero-order valence-electron chi connectivity index (χ0n) is 15.9. The fourth-order valence-electron chi connectivity index (χ4n) is 2.87. The Morgan fingerprint density at radius 3 is 2.57 bits per heavy atom. The van der Waals surface area contributed by atoms with Gasteiger partial charge in [-0.1, -0.05) is 30.3 Å². The number of imidazole rings is 1. The van der Waals surface area contributed by atoms with Crippen molar-refractivity contribution in [1.82, 2.24) is 14.5 Å². The van der Waals surface area contributed by atoms with Gasteiger partial charge in [0.1, 0.15) is 11.5 Å². The maximum Gasteiger partial charge on any atom is 0.240 e. The second-order valence-corrected chi connectivity index (χ2v) is 6.54. The number of furan rings is 1. The number of nitrogens with two attached hydrogens (primary N) is 1. The van der Waals surface area contributed by atoms with Gasteiger partial charge in [-0.3, -0.25) is 4.79 Å². The first-order chi connectivity index (χ1) is 12.5. The highest BCUT2D eigenvalue weighted by Gasteiger charge is 2.20. The molecule has 8 heteroatoms. The van der Waals surface area contributed by atoms with Gasteiger partial charge in [-0.2, -0.15) is 0 Å². The molecule has 0 radical (unpaired) electrons. The van der Waals surface area contributed by atoms with Crippen molar-refractivity contribution >= 4 is 30.7 Å². The van der Waals surface area contributed by atoms with Crippen LogP contribution in [0.3, 0.4) is 0 Å². The van der Waals surface area contributed by atoms with Gasteiger partial charge in [0.2, 0.25) is 5.91 Å². The molecule has 1 amide bonds. The Morgan fingerprint density at radius 2 is 1.93 bits per heavy atom. The van der Waals surface area contributed by atoms with Gasteiger partial charge in [-0.25, -0.2) is 4.98 Å². The van der Waals surface area contributed by atoms with Crippen molar-refractivity contribution in [2.24, 2.45) is 5.73 Å². The molecule has 6 nitrogen and oxygen atoms in total. The van der Waals surface area contributed by atoms with Gasteiger partial charge in [0.15, 0.2) is 0 Å². The van der Waals surface area contributed by atoms with Gasteiger partial charge in [0, 0.05) is 26.2 Å². The van der Waals surface area contributed by atoms with E-state index in [4.69, 9.17) is 10.2 Å². The van der Waals surface area contributed by atoms with Crippen LogP contribution in [-0.2, 0) is 24.3 Å². The number of halogens is 2. The molecule has 0 unspecified atom stereocenters. The maximum atomic E-state index is 12.5. The molecule has 2 heterocycles. The smallest absolute Gasteiger partial charge is 0.240 e. The van der Waals surface area contributed by atoms with Gasteiger partial charge < -0.3 is 19.6 Å². The van der Waals surface area contributed by atoms with E-state index >= 15 is 0 Å². The van der Waals surface area contributed by atoms with Crippen molar-refractivity contribution in [2.45, 2.75) is 32.5 Å². The topological polar surface area (TPSA) is 77.3 Å². The number of amides is 1. The molecule has 0 saturated heterocycles. The van der Waals surface area contributed by atoms with E-state index in [9.17, 15) is 4.79 Å². The first kappa shape index (κ1) is 23.8. The van der Waals surface area contributed by atoms with Crippen LogP contribution in [0.25, 0.3) is 0 Å². The normalized spacial score (nSPS) is 11.2. The number of carbonyl (C=O) groups excluding carboxylic acids is 1. The lowest BCUT2D eigenvalue weighted by Gasteiger charge is -2.19. The summed E-state index contributed by atoms with van der Waals surface area (Å²) >= 11 is 0. The number of benzene rings is 1. The Balaban J connectivity index is 0.00000196. The molecule has 152 valence electrons. The van der Waals surface area contributed by atoms with E-state index in [1.54, 1.807) is 18.3 Å². The van der Waals surface area contributed by atoms with E-state index in [-0.39, 0.29) is 30.7 Å². The predicted molar refractivity (Wildman–Crippen MR) is 114 cm³/mol. The first-order valence-electron chi connectivity index (χ1n) is 8.61. The molecule has 0 spiro atoms. The molecule has 2 N–H and O–H groups in total. The van der Waals surface area contributed by atoms with Crippen LogP contribution in [0.15, 0.2) is 59.4 Å². The standard InChI is InChI=1S/C20H24N4O2.2ClH/c1-15-8-9-18(26-15)13-23(2)20(25)19(21)10-17-12-24(14-22-17)11-16-6-4-3-5-7-16;;/h3-9,12,14,19H,10-11,13,21H2,1-2H3;2*1H/t19-;;/m0../s1. The summed E-state index contributed by atoms with van der Waals surface area (Å²) in [6.45, 7) is 3.03. The summed E-state index contributed by atoms with van der Waals surface area (Å²) in [6, 6.07) is 13.3. The van der Waals surface area contributed by atoms with Crippen LogP contribution in [-0.4, -0.2) is 33.4 Å². The third-order valence-corrected chi connectivity index (χ3v) is 4.21. The molecule has 0 bridgehead atoms. The minimum atomic E-state index is -0.629. The predicted octanol–water partition coefficient (Wildman–Crippen LogP) is 3.20. The van der Waals surface area contributed by atoms with Gasteiger partial charge in [0.25, 0.3) is 0 Å². The molecule has 1 aromatic carbocycles. The summed E-state index contributed by atoms with van der Waals surface area (Å²) < 4.78 is 7.51. The number of aromatic nitrogens is 2. The Bertz CT molecular complexity index is 864. The summed E-state index contributed by atoms with van der Waals surface area (Å²) in [5, 5.41) is 0. The molecule has 3 rings (SSSR count). The Kier molecular flexibility index (Phi) is 9.25. The molecule has 3 aromatic rings. The zero-order valence-corrected chi connectivity index (χ0v) is 17.6. The molecule has 1 atom stereocenters. The molecular weight excluding hydrogens is 399 g/mol. The highest BCUT2D eigenvalue weighted by Crippen LogP contribution is 2.10. The Hall–Kier alpha value is -2.28. The van der Waals surface area contributed by atoms with Crippen molar-refractivity contribution in [3.63, 3.8) is 0 Å². The largest absolute Gasteiger partial charge is 0.464 e. The third-order valence-electron chi connectivity index (χ3n) is 4.21. The summed E-state index contributed by atoms with van der Waals surface area (Å²) in [7, 11) is 1.73. The monoisotopic (exact) mass is 424 g/mol. The van der Waals surface area contributed by atoms with Gasteiger partial charge in [-0.15, -0.1) is 24.8 Å². The summed E-state index contributed by atoms with van der Waals surface area (Å²) in [4.78, 5) is 18.4. The van der Waals surface area contributed by atoms with Crippen molar-refractivity contribution in [2.75, 3.05) is 7.05 Å². The minimum absolute atomic E-state index is 0. The minimum Gasteiger partial charge on any atom is -0.464 e. The van der Waals surface area contributed by atoms with E-state index in [0.29, 0.717) is 13.0 Å². The fraction of sp³-hybridized carbons (Fsp3) is 0.300. The van der Waals surface area contributed by atoms with E-state index in [0.717, 1.165) is 23.8 Å². The molecule has 0 aliphatic heterocycles. The third kappa shape index (κ3) is 6.41. The number of hydrogen-bond acceptors (Lipinski definition) is 4. The quantitative estimate of drug-likeness (QED) is 0.631. The lowest BCUT2D eigenvalue weighted by atomic mass is 10.1. The molecule has 2 aromatic heterocycles.